The molecule has 1 rings (SSSR count). The Bertz CT molecular complexity index is 460. The Morgan fingerprint density at radius 2 is 1.85 bits per heavy atom. The molecule has 20 heavy (non-hydrogen) atoms. The average molecular weight is 274 g/mol. The van der Waals surface area contributed by atoms with Gasteiger partial charge < -0.3 is 5.32 Å². The fourth-order valence-electron chi connectivity index (χ4n) is 2.26. The van der Waals surface area contributed by atoms with Crippen molar-refractivity contribution in [2.75, 3.05) is 25.0 Å². The molecule has 0 aliphatic rings. The van der Waals surface area contributed by atoms with E-state index in [-0.39, 0.29) is 5.91 Å². The Morgan fingerprint density at radius 3 is 2.35 bits per heavy atom. The van der Waals surface area contributed by atoms with Crippen LogP contribution in [0.5, 0.6) is 0 Å². The Labute approximate surface area is 122 Å². The summed E-state index contributed by atoms with van der Waals surface area (Å²) in [6, 6.07) is 6.09. The molecule has 1 aromatic carbocycles. The lowest BCUT2D eigenvalue weighted by molar-refractivity contribution is -0.116. The van der Waals surface area contributed by atoms with E-state index in [1.807, 2.05) is 32.9 Å². The number of nitrogens with zero attached hydrogens (tertiary/aromatic N) is 1. The van der Waals surface area contributed by atoms with E-state index in [1.165, 1.54) is 0 Å². The van der Waals surface area contributed by atoms with Crippen molar-refractivity contribution in [3.8, 4) is 0 Å². The van der Waals surface area contributed by atoms with Gasteiger partial charge in [0.15, 0.2) is 0 Å². The maximum absolute atomic E-state index is 12.0. The molecule has 3 heteroatoms. The summed E-state index contributed by atoms with van der Waals surface area (Å²) in [5.74, 6) is 0.0650. The number of benzene rings is 1. The van der Waals surface area contributed by atoms with Gasteiger partial charge >= 0.3 is 0 Å². The fourth-order valence-corrected chi connectivity index (χ4v) is 2.26. The molecule has 0 bridgehead atoms. The quantitative estimate of drug-likeness (QED) is 0.771. The lowest BCUT2D eigenvalue weighted by atomic mass is 10.1. The van der Waals surface area contributed by atoms with Crippen molar-refractivity contribution in [2.24, 2.45) is 0 Å². The summed E-state index contributed by atoms with van der Waals surface area (Å²) in [5, 5.41) is 2.97. The zero-order valence-electron chi connectivity index (χ0n) is 13.1. The molecule has 0 aliphatic heterocycles. The third kappa shape index (κ3) is 6.02. The number of carbonyl (C=O) groups excluding carboxylic acids is 1. The van der Waals surface area contributed by atoms with Crippen molar-refractivity contribution in [3.63, 3.8) is 0 Å². The average Bonchev–Trinajstić information content (AvgIpc) is 2.32. The molecule has 0 aliphatic carbocycles. The van der Waals surface area contributed by atoms with Crippen LogP contribution in [0.15, 0.2) is 30.4 Å². The van der Waals surface area contributed by atoms with Crippen molar-refractivity contribution in [3.05, 3.63) is 41.5 Å². The lowest BCUT2D eigenvalue weighted by Crippen LogP contribution is -2.29. The molecule has 110 valence electrons. The predicted octanol–water partition coefficient (Wildman–Crippen LogP) is 3.53. The van der Waals surface area contributed by atoms with Gasteiger partial charge in [0.05, 0.1) is 0 Å². The maximum Gasteiger partial charge on any atom is 0.225 e. The van der Waals surface area contributed by atoms with Crippen LogP contribution in [0.25, 0.3) is 0 Å². The van der Waals surface area contributed by atoms with Crippen LogP contribution in [0, 0.1) is 13.8 Å². The molecule has 1 aromatic rings. The zero-order valence-corrected chi connectivity index (χ0v) is 13.1. The van der Waals surface area contributed by atoms with Crippen molar-refractivity contribution < 1.29 is 4.79 Å². The van der Waals surface area contributed by atoms with Gasteiger partial charge in [-0.25, -0.2) is 0 Å². The molecule has 0 spiro atoms. The first-order valence-corrected chi connectivity index (χ1v) is 7.15. The number of likely N-dealkylation sites (N-methyl/N-ethyl adjacent to an activating group) is 1. The molecular weight excluding hydrogens is 248 g/mol. The van der Waals surface area contributed by atoms with Crippen LogP contribution in [0.2, 0.25) is 0 Å². The Morgan fingerprint density at radius 1 is 1.25 bits per heavy atom. The van der Waals surface area contributed by atoms with E-state index in [4.69, 9.17) is 0 Å². The molecular formula is C17H26N2O. The monoisotopic (exact) mass is 274 g/mol. The summed E-state index contributed by atoms with van der Waals surface area (Å²) in [6.45, 7) is 14.7. The molecule has 1 amide bonds. The summed E-state index contributed by atoms with van der Waals surface area (Å²) >= 11 is 0. The van der Waals surface area contributed by atoms with Gasteiger partial charge in [0, 0.05) is 25.2 Å². The second-order valence-corrected chi connectivity index (χ2v) is 5.50. The maximum atomic E-state index is 12.0. The first kappa shape index (κ1) is 16.4. The topological polar surface area (TPSA) is 32.3 Å². The SMILES string of the molecule is C=C(C)CN(CC)CCC(=O)Nc1cc(C)cc(C)c1. The van der Waals surface area contributed by atoms with Gasteiger partial charge in [-0.15, -0.1) is 0 Å². The number of nitrogens with one attached hydrogen (secondary N) is 1. The van der Waals surface area contributed by atoms with Gasteiger partial charge in [0.25, 0.3) is 0 Å². The van der Waals surface area contributed by atoms with Crippen LogP contribution in [0.3, 0.4) is 0 Å². The predicted molar refractivity (Wildman–Crippen MR) is 86.1 cm³/mol. The minimum atomic E-state index is 0.0650. The van der Waals surface area contributed by atoms with Gasteiger partial charge in [-0.3, -0.25) is 9.69 Å². The molecule has 0 saturated carbocycles. The van der Waals surface area contributed by atoms with E-state index in [0.717, 1.165) is 42.0 Å². The number of aryl methyl sites for hydroxylation is 2. The highest BCUT2D eigenvalue weighted by Crippen LogP contribution is 2.14. The number of amides is 1. The Hall–Kier alpha value is -1.61. The minimum Gasteiger partial charge on any atom is -0.326 e. The molecule has 0 fully saturated rings. The molecule has 0 radical (unpaired) electrons. The van der Waals surface area contributed by atoms with Crippen LogP contribution >= 0.6 is 0 Å². The largest absolute Gasteiger partial charge is 0.326 e. The van der Waals surface area contributed by atoms with Gasteiger partial charge in [-0.2, -0.15) is 0 Å². The first-order valence-electron chi connectivity index (χ1n) is 7.15. The number of rotatable bonds is 7. The normalized spacial score (nSPS) is 10.7. The molecule has 0 aromatic heterocycles. The smallest absolute Gasteiger partial charge is 0.225 e. The standard InChI is InChI=1S/C17H26N2O/c1-6-19(12-13(2)3)8-7-17(20)18-16-10-14(4)9-15(5)11-16/h9-11H,2,6-8,12H2,1,3-5H3,(H,18,20). The van der Waals surface area contributed by atoms with E-state index in [2.05, 4.69) is 29.8 Å². The van der Waals surface area contributed by atoms with Crippen LogP contribution in [-0.2, 0) is 4.79 Å². The fraction of sp³-hybridized carbons (Fsp3) is 0.471. The third-order valence-electron chi connectivity index (χ3n) is 3.10. The van der Waals surface area contributed by atoms with Crippen molar-refractivity contribution in [2.45, 2.75) is 34.1 Å². The molecule has 0 heterocycles. The van der Waals surface area contributed by atoms with Gasteiger partial charge in [0.2, 0.25) is 5.91 Å². The van der Waals surface area contributed by atoms with E-state index < -0.39 is 0 Å². The molecule has 0 saturated heterocycles. The van der Waals surface area contributed by atoms with Crippen molar-refractivity contribution >= 4 is 11.6 Å². The van der Waals surface area contributed by atoms with Crippen molar-refractivity contribution in [1.29, 1.82) is 0 Å². The van der Waals surface area contributed by atoms with E-state index >= 15 is 0 Å². The van der Waals surface area contributed by atoms with Crippen molar-refractivity contribution in [1.82, 2.24) is 4.90 Å². The first-order chi connectivity index (χ1) is 9.40. The lowest BCUT2D eigenvalue weighted by Gasteiger charge is -2.20. The summed E-state index contributed by atoms with van der Waals surface area (Å²) in [6.07, 6.45) is 0.508. The summed E-state index contributed by atoms with van der Waals surface area (Å²) in [4.78, 5) is 14.2. The highest BCUT2D eigenvalue weighted by Gasteiger charge is 2.07. The highest BCUT2D eigenvalue weighted by atomic mass is 16.1. The number of carbonyl (C=O) groups is 1. The van der Waals surface area contributed by atoms with E-state index in [1.54, 1.807) is 0 Å². The molecule has 3 nitrogen and oxygen atoms in total. The zero-order chi connectivity index (χ0) is 15.1. The number of anilines is 1. The number of hydrogen-bond acceptors (Lipinski definition) is 2. The Kier molecular flexibility index (Phi) is 6.46. The second-order valence-electron chi connectivity index (χ2n) is 5.50. The van der Waals surface area contributed by atoms with Crippen LogP contribution in [0.4, 0.5) is 5.69 Å². The third-order valence-corrected chi connectivity index (χ3v) is 3.10. The summed E-state index contributed by atoms with van der Waals surface area (Å²) in [5.41, 5.74) is 4.34. The summed E-state index contributed by atoms with van der Waals surface area (Å²) < 4.78 is 0. The van der Waals surface area contributed by atoms with Gasteiger partial charge in [0.1, 0.15) is 0 Å². The highest BCUT2D eigenvalue weighted by molar-refractivity contribution is 5.91. The van der Waals surface area contributed by atoms with Crippen LogP contribution in [0.1, 0.15) is 31.4 Å². The summed E-state index contributed by atoms with van der Waals surface area (Å²) in [7, 11) is 0. The second kappa shape index (κ2) is 7.85. The van der Waals surface area contributed by atoms with Gasteiger partial charge in [-0.05, 0) is 50.6 Å². The minimum absolute atomic E-state index is 0.0650. The van der Waals surface area contributed by atoms with Crippen LogP contribution in [-0.4, -0.2) is 30.4 Å². The number of hydrogen-bond donors (Lipinski definition) is 1. The van der Waals surface area contributed by atoms with Crippen LogP contribution < -0.4 is 5.32 Å². The van der Waals surface area contributed by atoms with Gasteiger partial charge in [-0.1, -0.05) is 25.1 Å². The molecule has 0 unspecified atom stereocenters. The van der Waals surface area contributed by atoms with E-state index in [0.29, 0.717) is 6.42 Å². The Balaban J connectivity index is 2.48. The molecule has 1 N–H and O–H groups in total. The van der Waals surface area contributed by atoms with E-state index in [9.17, 15) is 4.79 Å². The molecule has 0 atom stereocenters.